The van der Waals surface area contributed by atoms with Gasteiger partial charge in [0, 0.05) is 23.4 Å². The third-order valence-electron chi connectivity index (χ3n) is 5.51. The number of nitrogens with one attached hydrogen (secondary N) is 1. The maximum Gasteiger partial charge on any atom is 0.259 e. The molecule has 0 radical (unpaired) electrons. The second-order valence-corrected chi connectivity index (χ2v) is 7.67. The molecule has 7 nitrogen and oxygen atoms in total. The topological polar surface area (TPSA) is 85.8 Å². The van der Waals surface area contributed by atoms with Gasteiger partial charge in [-0.15, -0.1) is 0 Å². The SMILES string of the molecule is Cc1nn(-c2ccc(-c3noc(C4CCC4)n3)cc2)cc1C(=O)Nc1cccc(F)c1. The summed E-state index contributed by atoms with van der Waals surface area (Å²) in [6.45, 7) is 1.76. The average molecular weight is 417 g/mol. The first-order chi connectivity index (χ1) is 15.1. The molecule has 5 rings (SSSR count). The highest BCUT2D eigenvalue weighted by Gasteiger charge is 2.25. The number of carbonyl (C=O) groups is 1. The summed E-state index contributed by atoms with van der Waals surface area (Å²) in [5.74, 6) is 0.916. The fraction of sp³-hybridized carbons (Fsp3) is 0.217. The fourth-order valence-corrected chi connectivity index (χ4v) is 3.52. The summed E-state index contributed by atoms with van der Waals surface area (Å²) in [7, 11) is 0. The van der Waals surface area contributed by atoms with Crippen molar-refractivity contribution in [3.05, 3.63) is 77.7 Å². The van der Waals surface area contributed by atoms with Crippen molar-refractivity contribution in [2.45, 2.75) is 32.1 Å². The Morgan fingerprint density at radius 1 is 1.19 bits per heavy atom. The van der Waals surface area contributed by atoms with Gasteiger partial charge in [0.15, 0.2) is 0 Å². The molecule has 0 saturated heterocycles. The molecule has 31 heavy (non-hydrogen) atoms. The van der Waals surface area contributed by atoms with Crippen LogP contribution in [0.5, 0.6) is 0 Å². The van der Waals surface area contributed by atoms with Gasteiger partial charge in [0.05, 0.1) is 16.9 Å². The Labute approximate surface area is 177 Å². The van der Waals surface area contributed by atoms with Crippen molar-refractivity contribution in [3.63, 3.8) is 0 Å². The van der Waals surface area contributed by atoms with Gasteiger partial charge in [-0.1, -0.05) is 17.6 Å². The van der Waals surface area contributed by atoms with Crippen LogP contribution in [-0.2, 0) is 0 Å². The number of rotatable bonds is 5. The van der Waals surface area contributed by atoms with E-state index in [1.807, 2.05) is 24.3 Å². The Hall–Kier alpha value is -3.81. The molecule has 4 aromatic rings. The standard InChI is InChI=1S/C23H20FN5O2/c1-14-20(22(30)25-18-7-3-6-17(24)12-18)13-29(27-14)19-10-8-15(9-11-19)21-26-23(31-28-21)16-4-2-5-16/h3,6-13,16H,2,4-5H2,1H3,(H,25,30). The lowest BCUT2D eigenvalue weighted by Gasteiger charge is -2.20. The number of benzene rings is 2. The molecule has 1 fully saturated rings. The summed E-state index contributed by atoms with van der Waals surface area (Å²) in [5.41, 5.74) is 3.02. The number of anilines is 1. The molecule has 156 valence electrons. The van der Waals surface area contributed by atoms with E-state index in [2.05, 4.69) is 20.6 Å². The van der Waals surface area contributed by atoms with E-state index in [0.29, 0.717) is 34.6 Å². The van der Waals surface area contributed by atoms with Crippen LogP contribution in [-0.4, -0.2) is 25.8 Å². The monoisotopic (exact) mass is 417 g/mol. The van der Waals surface area contributed by atoms with Crippen LogP contribution < -0.4 is 5.32 Å². The Kier molecular flexibility index (Phi) is 4.82. The van der Waals surface area contributed by atoms with E-state index < -0.39 is 5.82 Å². The van der Waals surface area contributed by atoms with Crippen molar-refractivity contribution in [1.29, 1.82) is 0 Å². The van der Waals surface area contributed by atoms with Gasteiger partial charge in [0.2, 0.25) is 11.7 Å². The molecular formula is C23H20FN5O2. The highest BCUT2D eigenvalue weighted by molar-refractivity contribution is 6.04. The van der Waals surface area contributed by atoms with Crippen LogP contribution in [0.25, 0.3) is 17.1 Å². The number of carbonyl (C=O) groups excluding carboxylic acids is 1. The van der Waals surface area contributed by atoms with Gasteiger partial charge in [0.25, 0.3) is 5.91 Å². The molecule has 0 bridgehead atoms. The molecule has 0 spiro atoms. The lowest BCUT2D eigenvalue weighted by molar-refractivity contribution is 0.102. The third-order valence-corrected chi connectivity index (χ3v) is 5.51. The molecule has 0 aliphatic heterocycles. The van der Waals surface area contributed by atoms with E-state index in [9.17, 15) is 9.18 Å². The molecule has 2 aromatic carbocycles. The number of halogens is 1. The molecule has 0 unspecified atom stereocenters. The van der Waals surface area contributed by atoms with Gasteiger partial charge in [-0.3, -0.25) is 4.79 Å². The number of aromatic nitrogens is 4. The second kappa shape index (κ2) is 7.79. The molecule has 1 aliphatic rings. The van der Waals surface area contributed by atoms with Crippen molar-refractivity contribution in [2.24, 2.45) is 0 Å². The minimum absolute atomic E-state index is 0.346. The predicted molar refractivity (Wildman–Crippen MR) is 113 cm³/mol. The van der Waals surface area contributed by atoms with Crippen LogP contribution in [0, 0.1) is 12.7 Å². The first-order valence-corrected chi connectivity index (χ1v) is 10.1. The zero-order valence-electron chi connectivity index (χ0n) is 16.9. The van der Waals surface area contributed by atoms with Gasteiger partial charge < -0.3 is 9.84 Å². The quantitative estimate of drug-likeness (QED) is 0.500. The van der Waals surface area contributed by atoms with Gasteiger partial charge in [-0.2, -0.15) is 10.1 Å². The number of hydrogen-bond acceptors (Lipinski definition) is 5. The molecule has 2 aromatic heterocycles. The Balaban J connectivity index is 1.33. The average Bonchev–Trinajstić information content (AvgIpc) is 3.34. The van der Waals surface area contributed by atoms with E-state index >= 15 is 0 Å². The summed E-state index contributed by atoms with van der Waals surface area (Å²) >= 11 is 0. The largest absolute Gasteiger partial charge is 0.339 e. The van der Waals surface area contributed by atoms with Crippen LogP contribution in [0.3, 0.4) is 0 Å². The molecule has 2 heterocycles. The number of amides is 1. The van der Waals surface area contributed by atoms with Crippen molar-refractivity contribution in [2.75, 3.05) is 5.32 Å². The van der Waals surface area contributed by atoms with E-state index in [4.69, 9.17) is 4.52 Å². The van der Waals surface area contributed by atoms with Crippen LogP contribution in [0.1, 0.15) is 47.1 Å². The highest BCUT2D eigenvalue weighted by Crippen LogP contribution is 2.36. The zero-order valence-corrected chi connectivity index (χ0v) is 16.9. The Morgan fingerprint density at radius 2 is 2.00 bits per heavy atom. The number of aryl methyl sites for hydroxylation is 1. The van der Waals surface area contributed by atoms with Crippen molar-refractivity contribution >= 4 is 11.6 Å². The van der Waals surface area contributed by atoms with Gasteiger partial charge in [-0.25, -0.2) is 9.07 Å². The number of hydrogen-bond donors (Lipinski definition) is 1. The van der Waals surface area contributed by atoms with Gasteiger partial charge in [-0.05, 0) is 62.2 Å². The lowest BCUT2D eigenvalue weighted by Crippen LogP contribution is -2.12. The van der Waals surface area contributed by atoms with E-state index in [1.165, 1.54) is 18.6 Å². The minimum atomic E-state index is -0.410. The zero-order chi connectivity index (χ0) is 21.4. The highest BCUT2D eigenvalue weighted by atomic mass is 19.1. The predicted octanol–water partition coefficient (Wildman–Crippen LogP) is 4.89. The molecule has 1 amide bonds. The maximum absolute atomic E-state index is 13.4. The van der Waals surface area contributed by atoms with Crippen molar-refractivity contribution in [3.8, 4) is 17.1 Å². The molecular weight excluding hydrogens is 397 g/mol. The Morgan fingerprint density at radius 3 is 2.71 bits per heavy atom. The molecule has 8 heteroatoms. The van der Waals surface area contributed by atoms with Crippen LogP contribution in [0.2, 0.25) is 0 Å². The first-order valence-electron chi connectivity index (χ1n) is 10.1. The van der Waals surface area contributed by atoms with Gasteiger partial charge >= 0.3 is 0 Å². The Bertz CT molecular complexity index is 1240. The molecule has 1 N–H and O–H groups in total. The number of nitrogens with zero attached hydrogens (tertiary/aromatic N) is 4. The van der Waals surface area contributed by atoms with Crippen molar-refractivity contribution < 1.29 is 13.7 Å². The van der Waals surface area contributed by atoms with Crippen molar-refractivity contribution in [1.82, 2.24) is 19.9 Å². The summed E-state index contributed by atoms with van der Waals surface area (Å²) in [6.07, 6.45) is 5.08. The second-order valence-electron chi connectivity index (χ2n) is 7.67. The smallest absolute Gasteiger partial charge is 0.259 e. The van der Waals surface area contributed by atoms with Crippen LogP contribution in [0.15, 0.2) is 59.3 Å². The maximum atomic E-state index is 13.4. The summed E-state index contributed by atoms with van der Waals surface area (Å²) in [4.78, 5) is 17.1. The summed E-state index contributed by atoms with van der Waals surface area (Å²) in [6, 6.07) is 13.3. The molecule has 1 aliphatic carbocycles. The summed E-state index contributed by atoms with van der Waals surface area (Å²) in [5, 5.41) is 11.2. The fourth-order valence-electron chi connectivity index (χ4n) is 3.52. The van der Waals surface area contributed by atoms with E-state index in [0.717, 1.165) is 24.1 Å². The molecule has 1 saturated carbocycles. The normalized spacial score (nSPS) is 13.7. The van der Waals surface area contributed by atoms with E-state index in [1.54, 1.807) is 29.9 Å². The minimum Gasteiger partial charge on any atom is -0.339 e. The molecule has 0 atom stereocenters. The lowest BCUT2D eigenvalue weighted by atomic mass is 9.85. The summed E-state index contributed by atoms with van der Waals surface area (Å²) < 4.78 is 20.4. The third kappa shape index (κ3) is 3.84. The van der Waals surface area contributed by atoms with Crippen LogP contribution >= 0.6 is 0 Å². The van der Waals surface area contributed by atoms with Gasteiger partial charge in [0.1, 0.15) is 5.82 Å². The van der Waals surface area contributed by atoms with Crippen LogP contribution in [0.4, 0.5) is 10.1 Å². The first kappa shape index (κ1) is 19.2. The van der Waals surface area contributed by atoms with E-state index in [-0.39, 0.29) is 5.91 Å².